The average Bonchev–Trinajstić information content (AvgIpc) is 3.43. The van der Waals surface area contributed by atoms with E-state index in [0.717, 1.165) is 4.68 Å². The number of aliphatic hydroxyl groups is 1. The number of rotatable bonds is 8. The van der Waals surface area contributed by atoms with Gasteiger partial charge in [-0.05, 0) is 25.2 Å². The van der Waals surface area contributed by atoms with Gasteiger partial charge in [-0.3, -0.25) is 4.68 Å². The number of hydrogen-bond donors (Lipinski definition) is 2. The van der Waals surface area contributed by atoms with Gasteiger partial charge in [0.25, 0.3) is 5.88 Å². The van der Waals surface area contributed by atoms with Crippen LogP contribution in [0.3, 0.4) is 0 Å². The van der Waals surface area contributed by atoms with E-state index in [-0.39, 0.29) is 31.1 Å². The summed E-state index contributed by atoms with van der Waals surface area (Å²) >= 11 is 0. The van der Waals surface area contributed by atoms with E-state index in [1.165, 1.54) is 6.20 Å². The smallest absolute Gasteiger partial charge is 0.257 e. The molecule has 3 aromatic heterocycles. The third kappa shape index (κ3) is 4.64. The van der Waals surface area contributed by atoms with E-state index in [2.05, 4.69) is 26.5 Å². The third-order valence-corrected chi connectivity index (χ3v) is 5.47. The van der Waals surface area contributed by atoms with E-state index in [4.69, 9.17) is 37.7 Å². The molecule has 34 heavy (non-hydrogen) atoms. The van der Waals surface area contributed by atoms with Crippen molar-refractivity contribution >= 4 is 46.2 Å². The molecule has 1 aliphatic heterocycles. The van der Waals surface area contributed by atoms with Crippen LogP contribution in [0, 0.1) is 11.3 Å². The summed E-state index contributed by atoms with van der Waals surface area (Å²) in [7, 11) is 19.0. The number of ether oxygens (including phenoxy) is 3. The number of nitriles is 1. The molecule has 0 aliphatic carbocycles. The van der Waals surface area contributed by atoms with E-state index < -0.39 is 16.9 Å². The molecule has 1 unspecified atom stereocenters. The van der Waals surface area contributed by atoms with Gasteiger partial charge in [-0.1, -0.05) is 0 Å². The third-order valence-electron chi connectivity index (χ3n) is 5.47. The Morgan fingerprint density at radius 3 is 2.85 bits per heavy atom. The van der Waals surface area contributed by atoms with Crippen LogP contribution in [0.15, 0.2) is 18.5 Å². The Labute approximate surface area is 200 Å². The van der Waals surface area contributed by atoms with Crippen LogP contribution in [-0.2, 0) is 14.7 Å². The van der Waals surface area contributed by atoms with Gasteiger partial charge in [0.1, 0.15) is 28.7 Å². The van der Waals surface area contributed by atoms with Gasteiger partial charge in [-0.2, -0.15) is 10.2 Å². The van der Waals surface area contributed by atoms with Gasteiger partial charge in [0.05, 0.1) is 55.6 Å². The summed E-state index contributed by atoms with van der Waals surface area (Å²) < 4.78 is 19.4. The highest BCUT2D eigenvalue weighted by Crippen LogP contribution is 2.32. The lowest BCUT2D eigenvalue weighted by molar-refractivity contribution is -0.0175. The number of hydrogen-bond acceptors (Lipinski definition) is 9. The Morgan fingerprint density at radius 1 is 1.47 bits per heavy atom. The first kappa shape index (κ1) is 24.1. The second kappa shape index (κ2) is 8.98. The van der Waals surface area contributed by atoms with E-state index >= 15 is 0 Å². The van der Waals surface area contributed by atoms with E-state index in [0.29, 0.717) is 29.0 Å². The van der Waals surface area contributed by atoms with Crippen molar-refractivity contribution in [3.8, 4) is 11.9 Å². The molecule has 1 aliphatic rings. The summed E-state index contributed by atoms with van der Waals surface area (Å²) in [5, 5.41) is 26.2. The largest absolute Gasteiger partial charge is 0.466 e. The highest BCUT2D eigenvalue weighted by atomic mass is 16.6. The molecule has 0 aromatic carbocycles. The molecule has 1 fully saturated rings. The summed E-state index contributed by atoms with van der Waals surface area (Å²) in [6.07, 6.45) is 2.36. The van der Waals surface area contributed by atoms with Crippen molar-refractivity contribution in [2.45, 2.75) is 36.8 Å². The molecule has 14 heteroatoms. The van der Waals surface area contributed by atoms with Crippen LogP contribution in [0.25, 0.3) is 11.0 Å². The Bertz CT molecular complexity index is 1230. The SMILES string of the molecule is [B]C([B])([B])n1cc(Nc2ncc3cc(C#N)n([C@@H](C)COC)c3n2)c(OC2COC[C@@]2(C)O)n1. The average molecular weight is 457 g/mol. The Kier molecular flexibility index (Phi) is 6.37. The number of anilines is 2. The van der Waals surface area contributed by atoms with E-state index in [1.54, 1.807) is 30.9 Å². The molecule has 0 saturated carbocycles. The first-order valence-corrected chi connectivity index (χ1v) is 10.5. The standard InChI is InChI=1S/C20H22B3N7O4/c1-11(8-32-3)30-13(5-24)4-12-6-25-18(27-16(12)30)26-14-7-29(20(21,22)23)28-17(14)34-15-9-33-10-19(15,2)31/h4,6-7,11,15,31H,8-10H2,1-3H3,(H,25,26,27)/t11-,15?,19+/m0/s1. The fourth-order valence-electron chi connectivity index (χ4n) is 3.71. The summed E-state index contributed by atoms with van der Waals surface area (Å²) in [5.74, 6) is 0.280. The normalized spacial score (nSPS) is 21.4. The minimum Gasteiger partial charge on any atom is -0.466 e. The van der Waals surface area contributed by atoms with Gasteiger partial charge in [0.2, 0.25) is 5.95 Å². The lowest BCUT2D eigenvalue weighted by Crippen LogP contribution is -2.42. The highest BCUT2D eigenvalue weighted by Gasteiger charge is 2.41. The molecule has 3 aromatic rings. The minimum atomic E-state index is -1.80. The lowest BCUT2D eigenvalue weighted by atomic mass is 9.49. The van der Waals surface area contributed by atoms with Crippen molar-refractivity contribution in [1.82, 2.24) is 24.3 Å². The van der Waals surface area contributed by atoms with Crippen LogP contribution in [0.4, 0.5) is 11.6 Å². The van der Waals surface area contributed by atoms with Crippen LogP contribution in [-0.4, -0.2) is 91.6 Å². The molecule has 0 spiro atoms. The Morgan fingerprint density at radius 2 is 2.24 bits per heavy atom. The highest BCUT2D eigenvalue weighted by molar-refractivity contribution is 6.56. The zero-order chi connectivity index (χ0) is 24.7. The monoisotopic (exact) mass is 457 g/mol. The number of nitrogens with one attached hydrogen (secondary N) is 1. The van der Waals surface area contributed by atoms with Crippen LogP contribution in [0.1, 0.15) is 25.6 Å². The number of methoxy groups -OCH3 is 1. The minimum absolute atomic E-state index is 0.0750. The van der Waals surface area contributed by atoms with Crippen molar-refractivity contribution in [2.24, 2.45) is 0 Å². The summed E-state index contributed by atoms with van der Waals surface area (Å²) in [6, 6.07) is 3.75. The van der Waals surface area contributed by atoms with Crippen molar-refractivity contribution < 1.29 is 19.3 Å². The van der Waals surface area contributed by atoms with Gasteiger partial charge >= 0.3 is 0 Å². The molecule has 0 bridgehead atoms. The second-order valence-electron chi connectivity index (χ2n) is 8.57. The molecular formula is C20H22B3N7O4. The summed E-state index contributed by atoms with van der Waals surface area (Å²) in [4.78, 5) is 8.92. The van der Waals surface area contributed by atoms with Crippen molar-refractivity contribution in [3.63, 3.8) is 0 Å². The van der Waals surface area contributed by atoms with Gasteiger partial charge < -0.3 is 29.2 Å². The Balaban J connectivity index is 1.71. The van der Waals surface area contributed by atoms with Crippen LogP contribution in [0.5, 0.6) is 5.88 Å². The van der Waals surface area contributed by atoms with Gasteiger partial charge in [0.15, 0.2) is 6.10 Å². The zero-order valence-electron chi connectivity index (χ0n) is 19.1. The van der Waals surface area contributed by atoms with E-state index in [1.807, 2.05) is 6.92 Å². The molecule has 2 N–H and O–H groups in total. The molecule has 1 saturated heterocycles. The number of nitrogens with zero attached hydrogens (tertiary/aromatic N) is 6. The first-order valence-electron chi connectivity index (χ1n) is 10.5. The molecule has 170 valence electrons. The molecule has 11 nitrogen and oxygen atoms in total. The molecule has 3 atom stereocenters. The number of fused-ring (bicyclic) bond motifs is 1. The van der Waals surface area contributed by atoms with Gasteiger partial charge in [0, 0.05) is 18.7 Å². The van der Waals surface area contributed by atoms with Gasteiger partial charge in [-0.25, -0.2) is 4.98 Å². The number of aromatic nitrogens is 5. The molecule has 6 radical (unpaired) electrons. The van der Waals surface area contributed by atoms with E-state index in [9.17, 15) is 10.4 Å². The fourth-order valence-corrected chi connectivity index (χ4v) is 3.71. The second-order valence-corrected chi connectivity index (χ2v) is 8.57. The van der Waals surface area contributed by atoms with Crippen LogP contribution < -0.4 is 10.1 Å². The fraction of sp³-hybridized carbons (Fsp3) is 0.500. The predicted octanol–water partition coefficient (Wildman–Crippen LogP) is 0.0524. The Hall–Kier alpha value is -3.01. The topological polar surface area (TPSA) is 132 Å². The maximum atomic E-state index is 10.5. The first-order chi connectivity index (χ1) is 16.0. The van der Waals surface area contributed by atoms with Crippen molar-refractivity contribution in [3.05, 3.63) is 24.2 Å². The van der Waals surface area contributed by atoms with Crippen LogP contribution in [0.2, 0.25) is 0 Å². The molecular weight excluding hydrogens is 435 g/mol. The quantitative estimate of drug-likeness (QED) is 0.451. The maximum absolute atomic E-state index is 10.5. The lowest BCUT2D eigenvalue weighted by Gasteiger charge is -2.23. The van der Waals surface area contributed by atoms with Crippen molar-refractivity contribution in [2.75, 3.05) is 32.2 Å². The summed E-state index contributed by atoms with van der Waals surface area (Å²) in [5.41, 5.74) is 0.0847. The van der Waals surface area contributed by atoms with Crippen LogP contribution >= 0.6 is 0 Å². The van der Waals surface area contributed by atoms with Crippen molar-refractivity contribution in [1.29, 1.82) is 5.26 Å². The van der Waals surface area contributed by atoms with Gasteiger partial charge in [-0.15, -0.1) is 5.10 Å². The molecule has 4 heterocycles. The summed E-state index contributed by atoms with van der Waals surface area (Å²) in [6.45, 7) is 4.21. The maximum Gasteiger partial charge on any atom is 0.257 e. The predicted molar refractivity (Wildman–Crippen MR) is 125 cm³/mol. The zero-order valence-corrected chi connectivity index (χ0v) is 19.1. The molecule has 4 rings (SSSR count). The molecule has 0 amide bonds.